The molecule has 0 spiro atoms. The predicted molar refractivity (Wildman–Crippen MR) is 44.3 cm³/mol. The molecule has 0 aromatic rings. The van der Waals surface area contributed by atoms with Gasteiger partial charge in [-0.15, -0.1) is 0 Å². The lowest BCUT2D eigenvalue weighted by atomic mass is 9.89. The highest BCUT2D eigenvalue weighted by Gasteiger charge is 2.43. The molecule has 1 fully saturated rings. The number of nitrogens with two attached hydrogens (primary N) is 1. The number of Topliss-reactive ketones (excluding diaryl/α,β-unsaturated/α-hetero) is 1. The zero-order chi connectivity index (χ0) is 8.48. The Kier molecular flexibility index (Phi) is 2.30. The summed E-state index contributed by atoms with van der Waals surface area (Å²) in [5.41, 5.74) is 5.43. The average Bonchev–Trinajstić information content (AvgIpc) is 2.32. The van der Waals surface area contributed by atoms with Crippen LogP contribution in [0.15, 0.2) is 0 Å². The fourth-order valence-electron chi connectivity index (χ4n) is 1.96. The van der Waals surface area contributed by atoms with E-state index >= 15 is 0 Å². The summed E-state index contributed by atoms with van der Waals surface area (Å²) < 4.78 is 0. The third kappa shape index (κ3) is 1.19. The van der Waals surface area contributed by atoms with E-state index in [0.29, 0.717) is 0 Å². The van der Waals surface area contributed by atoms with Crippen LogP contribution in [0.25, 0.3) is 0 Å². The second-order valence-electron chi connectivity index (χ2n) is 3.28. The van der Waals surface area contributed by atoms with Crippen LogP contribution < -0.4 is 11.1 Å². The standard InChI is InChI=1S/C8H16N2O/c1-6(11)8(10-2)5-3-4-7(8)9/h7,10H,3-5,9H2,1-2H3. The number of hydrogen-bond donors (Lipinski definition) is 2. The van der Waals surface area contributed by atoms with Crippen LogP contribution in [0.3, 0.4) is 0 Å². The molecule has 11 heavy (non-hydrogen) atoms. The lowest BCUT2D eigenvalue weighted by Crippen LogP contribution is -2.58. The first kappa shape index (κ1) is 8.68. The van der Waals surface area contributed by atoms with Gasteiger partial charge in [-0.2, -0.15) is 0 Å². The van der Waals surface area contributed by atoms with E-state index in [9.17, 15) is 4.79 Å². The van der Waals surface area contributed by atoms with Crippen molar-refractivity contribution in [2.75, 3.05) is 7.05 Å². The highest BCUT2D eigenvalue weighted by molar-refractivity contribution is 5.87. The minimum Gasteiger partial charge on any atom is -0.326 e. The molecule has 1 aliphatic rings. The van der Waals surface area contributed by atoms with Crippen molar-refractivity contribution in [1.29, 1.82) is 0 Å². The van der Waals surface area contributed by atoms with Crippen molar-refractivity contribution in [3.05, 3.63) is 0 Å². The second-order valence-corrected chi connectivity index (χ2v) is 3.28. The van der Waals surface area contributed by atoms with Crippen LogP contribution in [0.1, 0.15) is 26.2 Å². The first-order chi connectivity index (χ1) is 5.13. The molecule has 2 unspecified atom stereocenters. The van der Waals surface area contributed by atoms with Gasteiger partial charge in [-0.25, -0.2) is 0 Å². The summed E-state index contributed by atoms with van der Waals surface area (Å²) >= 11 is 0. The number of carbonyl (C=O) groups excluding carboxylic acids is 1. The van der Waals surface area contributed by atoms with E-state index < -0.39 is 5.54 Å². The molecule has 3 nitrogen and oxygen atoms in total. The zero-order valence-electron chi connectivity index (χ0n) is 7.18. The maximum atomic E-state index is 11.3. The van der Waals surface area contributed by atoms with Crippen LogP contribution in [0.2, 0.25) is 0 Å². The Morgan fingerprint density at radius 1 is 1.73 bits per heavy atom. The molecule has 0 aromatic carbocycles. The Hall–Kier alpha value is -0.410. The van der Waals surface area contributed by atoms with Crippen LogP contribution in [-0.2, 0) is 4.79 Å². The number of rotatable bonds is 2. The average molecular weight is 156 g/mol. The minimum atomic E-state index is -0.417. The van der Waals surface area contributed by atoms with Gasteiger partial charge in [-0.3, -0.25) is 4.79 Å². The number of ketones is 1. The molecule has 0 radical (unpaired) electrons. The van der Waals surface area contributed by atoms with Gasteiger partial charge in [0.1, 0.15) is 0 Å². The fourth-order valence-corrected chi connectivity index (χ4v) is 1.96. The van der Waals surface area contributed by atoms with Gasteiger partial charge in [-0.1, -0.05) is 0 Å². The number of likely N-dealkylation sites (N-methyl/N-ethyl adjacent to an activating group) is 1. The van der Waals surface area contributed by atoms with Gasteiger partial charge in [-0.05, 0) is 33.2 Å². The van der Waals surface area contributed by atoms with Gasteiger partial charge in [0.25, 0.3) is 0 Å². The molecular weight excluding hydrogens is 140 g/mol. The van der Waals surface area contributed by atoms with Crippen molar-refractivity contribution in [3.63, 3.8) is 0 Å². The fraction of sp³-hybridized carbons (Fsp3) is 0.875. The molecule has 3 N–H and O–H groups in total. The summed E-state index contributed by atoms with van der Waals surface area (Å²) in [5, 5.41) is 3.05. The van der Waals surface area contributed by atoms with Crippen molar-refractivity contribution in [3.8, 4) is 0 Å². The Morgan fingerprint density at radius 3 is 2.55 bits per heavy atom. The topological polar surface area (TPSA) is 55.1 Å². The Labute approximate surface area is 67.3 Å². The summed E-state index contributed by atoms with van der Waals surface area (Å²) in [5.74, 6) is 0.171. The first-order valence-electron chi connectivity index (χ1n) is 4.09. The predicted octanol–water partition coefficient (Wildman–Crippen LogP) is 0.0448. The van der Waals surface area contributed by atoms with Gasteiger partial charge >= 0.3 is 0 Å². The van der Waals surface area contributed by atoms with E-state index in [1.165, 1.54) is 0 Å². The van der Waals surface area contributed by atoms with Crippen molar-refractivity contribution in [2.24, 2.45) is 5.73 Å². The van der Waals surface area contributed by atoms with E-state index in [4.69, 9.17) is 5.73 Å². The van der Waals surface area contributed by atoms with E-state index in [0.717, 1.165) is 19.3 Å². The number of hydrogen-bond acceptors (Lipinski definition) is 3. The Balaban J connectivity index is 2.82. The van der Waals surface area contributed by atoms with Gasteiger partial charge in [0.2, 0.25) is 0 Å². The first-order valence-corrected chi connectivity index (χ1v) is 4.09. The summed E-state index contributed by atoms with van der Waals surface area (Å²) in [6.45, 7) is 1.61. The SMILES string of the molecule is CNC1(C(C)=O)CCCC1N. The summed E-state index contributed by atoms with van der Waals surface area (Å²) in [4.78, 5) is 11.3. The monoisotopic (exact) mass is 156 g/mol. The highest BCUT2D eigenvalue weighted by atomic mass is 16.1. The molecule has 1 aliphatic carbocycles. The third-order valence-electron chi connectivity index (χ3n) is 2.79. The molecule has 0 aliphatic heterocycles. The molecular formula is C8H16N2O. The van der Waals surface area contributed by atoms with Crippen LogP contribution in [0, 0.1) is 0 Å². The van der Waals surface area contributed by atoms with E-state index in [1.807, 2.05) is 7.05 Å². The maximum absolute atomic E-state index is 11.3. The van der Waals surface area contributed by atoms with Gasteiger partial charge in [0, 0.05) is 6.04 Å². The molecule has 0 amide bonds. The van der Waals surface area contributed by atoms with E-state index in [2.05, 4.69) is 5.32 Å². The number of nitrogens with one attached hydrogen (secondary N) is 1. The van der Waals surface area contributed by atoms with Gasteiger partial charge in [0.05, 0.1) is 5.54 Å². The normalized spacial score (nSPS) is 37.5. The van der Waals surface area contributed by atoms with Crippen molar-refractivity contribution < 1.29 is 4.79 Å². The van der Waals surface area contributed by atoms with Crippen LogP contribution in [-0.4, -0.2) is 24.4 Å². The molecule has 0 heterocycles. The van der Waals surface area contributed by atoms with E-state index in [-0.39, 0.29) is 11.8 Å². The molecule has 2 atom stereocenters. The lowest BCUT2D eigenvalue weighted by Gasteiger charge is -2.30. The lowest BCUT2D eigenvalue weighted by molar-refractivity contribution is -0.123. The second kappa shape index (κ2) is 2.91. The van der Waals surface area contributed by atoms with Crippen molar-refractivity contribution in [1.82, 2.24) is 5.32 Å². The molecule has 1 rings (SSSR count). The van der Waals surface area contributed by atoms with Crippen LogP contribution in [0.5, 0.6) is 0 Å². The third-order valence-corrected chi connectivity index (χ3v) is 2.79. The quantitative estimate of drug-likeness (QED) is 0.593. The van der Waals surface area contributed by atoms with Gasteiger partial charge < -0.3 is 11.1 Å². The van der Waals surface area contributed by atoms with Gasteiger partial charge in [0.15, 0.2) is 5.78 Å². The van der Waals surface area contributed by atoms with Crippen LogP contribution >= 0.6 is 0 Å². The van der Waals surface area contributed by atoms with Crippen molar-refractivity contribution in [2.45, 2.75) is 37.8 Å². The molecule has 0 aromatic heterocycles. The highest BCUT2D eigenvalue weighted by Crippen LogP contribution is 2.28. The Bertz CT molecular complexity index is 169. The molecule has 3 heteroatoms. The summed E-state index contributed by atoms with van der Waals surface area (Å²) in [7, 11) is 1.81. The summed E-state index contributed by atoms with van der Waals surface area (Å²) in [6, 6.07) is 0.00463. The zero-order valence-corrected chi connectivity index (χ0v) is 7.18. The largest absolute Gasteiger partial charge is 0.326 e. The molecule has 1 saturated carbocycles. The van der Waals surface area contributed by atoms with Crippen molar-refractivity contribution >= 4 is 5.78 Å². The maximum Gasteiger partial charge on any atom is 0.151 e. The smallest absolute Gasteiger partial charge is 0.151 e. The Morgan fingerprint density at radius 2 is 2.36 bits per heavy atom. The minimum absolute atomic E-state index is 0.00463. The molecule has 64 valence electrons. The van der Waals surface area contributed by atoms with E-state index in [1.54, 1.807) is 6.92 Å². The number of carbonyl (C=O) groups is 1. The summed E-state index contributed by atoms with van der Waals surface area (Å²) in [6.07, 6.45) is 2.90. The molecule has 0 bridgehead atoms. The molecule has 0 saturated heterocycles. The van der Waals surface area contributed by atoms with Crippen LogP contribution in [0.4, 0.5) is 0 Å².